The van der Waals surface area contributed by atoms with Gasteiger partial charge < -0.3 is 9.32 Å². The standard InChI is InChI=1S/C46H31NO/c1-2-9-30(10-3-1)31-17-20-37(21-18-31)47(44-16-8-15-40-39-14-7-6-13-35(39)28-42(40)44)38-22-23-41-43-27-34(19-24-45(43)48-46(41)29-38)36-25-32-11-4-5-12-33(32)26-36/h1-25,27,29H,26,28H2. The molecule has 0 fully saturated rings. The number of fused-ring (bicyclic) bond motifs is 7. The van der Waals surface area contributed by atoms with Crippen LogP contribution in [0.1, 0.15) is 27.8 Å². The lowest BCUT2D eigenvalue weighted by atomic mass is 10.0. The van der Waals surface area contributed by atoms with Crippen molar-refractivity contribution in [2.75, 3.05) is 4.90 Å². The van der Waals surface area contributed by atoms with Crippen molar-refractivity contribution in [3.8, 4) is 22.3 Å². The fraction of sp³-hybridized carbons (Fsp3) is 0.0435. The topological polar surface area (TPSA) is 16.4 Å². The monoisotopic (exact) mass is 613 g/mol. The molecule has 0 unspecified atom stereocenters. The summed E-state index contributed by atoms with van der Waals surface area (Å²) in [6, 6.07) is 57.1. The minimum absolute atomic E-state index is 0.894. The zero-order valence-corrected chi connectivity index (χ0v) is 26.4. The van der Waals surface area contributed by atoms with E-state index in [0.29, 0.717) is 0 Å². The van der Waals surface area contributed by atoms with Crippen molar-refractivity contribution >= 4 is 50.6 Å². The molecule has 0 bridgehead atoms. The molecule has 1 heterocycles. The predicted molar refractivity (Wildman–Crippen MR) is 200 cm³/mol. The molecule has 2 aliphatic rings. The quantitative estimate of drug-likeness (QED) is 0.192. The molecule has 0 spiro atoms. The highest BCUT2D eigenvalue weighted by molar-refractivity contribution is 6.08. The maximum atomic E-state index is 6.57. The van der Waals surface area contributed by atoms with E-state index < -0.39 is 0 Å². The molecule has 0 saturated heterocycles. The average molecular weight is 614 g/mol. The smallest absolute Gasteiger partial charge is 0.137 e. The van der Waals surface area contributed by atoms with E-state index in [1.807, 2.05) is 0 Å². The van der Waals surface area contributed by atoms with Crippen LogP contribution < -0.4 is 4.90 Å². The number of furan rings is 1. The molecular weight excluding hydrogens is 583 g/mol. The first-order valence-electron chi connectivity index (χ1n) is 16.7. The molecule has 0 atom stereocenters. The van der Waals surface area contributed by atoms with Crippen LogP contribution in [0.15, 0.2) is 162 Å². The number of hydrogen-bond donors (Lipinski definition) is 0. The first-order chi connectivity index (χ1) is 23.8. The van der Waals surface area contributed by atoms with Gasteiger partial charge in [0.2, 0.25) is 0 Å². The summed E-state index contributed by atoms with van der Waals surface area (Å²) in [5, 5.41) is 2.29. The Morgan fingerprint density at radius 2 is 1.19 bits per heavy atom. The number of allylic oxidation sites excluding steroid dienone is 1. The van der Waals surface area contributed by atoms with E-state index in [1.165, 1.54) is 61.3 Å². The van der Waals surface area contributed by atoms with Crippen LogP contribution >= 0.6 is 0 Å². The molecule has 0 N–H and O–H groups in total. The lowest BCUT2D eigenvalue weighted by Crippen LogP contribution is -2.12. The van der Waals surface area contributed by atoms with Gasteiger partial charge in [-0.2, -0.15) is 0 Å². The van der Waals surface area contributed by atoms with E-state index in [2.05, 4.69) is 169 Å². The Kier molecular flexibility index (Phi) is 6.04. The van der Waals surface area contributed by atoms with Crippen molar-refractivity contribution in [1.82, 2.24) is 0 Å². The fourth-order valence-electron chi connectivity index (χ4n) is 7.78. The van der Waals surface area contributed by atoms with Crippen LogP contribution in [0.5, 0.6) is 0 Å². The molecule has 48 heavy (non-hydrogen) atoms. The minimum atomic E-state index is 0.894. The minimum Gasteiger partial charge on any atom is -0.456 e. The molecule has 7 aromatic carbocycles. The molecule has 2 heteroatoms. The number of nitrogens with zero attached hydrogens (tertiary/aromatic N) is 1. The zero-order valence-electron chi connectivity index (χ0n) is 26.4. The van der Waals surface area contributed by atoms with Crippen LogP contribution in [0.3, 0.4) is 0 Å². The summed E-state index contributed by atoms with van der Waals surface area (Å²) in [5.74, 6) is 0. The summed E-state index contributed by atoms with van der Waals surface area (Å²) < 4.78 is 6.57. The third kappa shape index (κ3) is 4.34. The van der Waals surface area contributed by atoms with Crippen LogP contribution in [0, 0.1) is 0 Å². The Morgan fingerprint density at radius 3 is 2.06 bits per heavy atom. The molecule has 0 radical (unpaired) electrons. The summed E-state index contributed by atoms with van der Waals surface area (Å²) in [6.45, 7) is 0. The van der Waals surface area contributed by atoms with E-state index in [0.717, 1.165) is 46.2 Å². The van der Waals surface area contributed by atoms with Crippen molar-refractivity contribution in [3.63, 3.8) is 0 Å². The lowest BCUT2D eigenvalue weighted by Gasteiger charge is -2.28. The van der Waals surface area contributed by atoms with Gasteiger partial charge in [-0.15, -0.1) is 0 Å². The maximum absolute atomic E-state index is 6.57. The van der Waals surface area contributed by atoms with Gasteiger partial charge in [0.1, 0.15) is 11.2 Å². The molecule has 226 valence electrons. The summed E-state index contributed by atoms with van der Waals surface area (Å²) >= 11 is 0. The molecule has 0 aliphatic heterocycles. The van der Waals surface area contributed by atoms with Crippen molar-refractivity contribution in [3.05, 3.63) is 186 Å². The fourth-order valence-corrected chi connectivity index (χ4v) is 7.78. The Morgan fingerprint density at radius 1 is 0.458 bits per heavy atom. The van der Waals surface area contributed by atoms with Gasteiger partial charge in [0.15, 0.2) is 0 Å². The maximum Gasteiger partial charge on any atom is 0.137 e. The average Bonchev–Trinajstić information content (AvgIpc) is 3.86. The van der Waals surface area contributed by atoms with Crippen LogP contribution in [0.25, 0.3) is 55.8 Å². The van der Waals surface area contributed by atoms with E-state index in [4.69, 9.17) is 4.42 Å². The van der Waals surface area contributed by atoms with Gasteiger partial charge in [0.05, 0.1) is 5.69 Å². The number of rotatable bonds is 5. The SMILES string of the molecule is C1=C(c2ccc3oc4cc(N(c5ccc(-c6ccccc6)cc5)c5cccc6c5Cc5ccccc5-6)ccc4c3c2)Cc2ccccc21. The van der Waals surface area contributed by atoms with Gasteiger partial charge in [-0.25, -0.2) is 0 Å². The molecule has 0 amide bonds. The second kappa shape index (κ2) is 10.7. The molecule has 8 aromatic rings. The number of hydrogen-bond acceptors (Lipinski definition) is 2. The van der Waals surface area contributed by atoms with E-state index in [-0.39, 0.29) is 0 Å². The third-order valence-corrected chi connectivity index (χ3v) is 10.1. The zero-order chi connectivity index (χ0) is 31.6. The predicted octanol–water partition coefficient (Wildman–Crippen LogP) is 12.4. The highest BCUT2D eigenvalue weighted by atomic mass is 16.3. The van der Waals surface area contributed by atoms with E-state index in [9.17, 15) is 0 Å². The molecule has 10 rings (SSSR count). The lowest BCUT2D eigenvalue weighted by molar-refractivity contribution is 0.669. The Hall–Kier alpha value is -6.12. The van der Waals surface area contributed by atoms with Gasteiger partial charge in [-0.1, -0.05) is 115 Å². The number of anilines is 3. The third-order valence-electron chi connectivity index (χ3n) is 10.1. The van der Waals surface area contributed by atoms with E-state index in [1.54, 1.807) is 0 Å². The Balaban J connectivity index is 1.10. The first kappa shape index (κ1) is 27.0. The molecule has 0 saturated carbocycles. The summed E-state index contributed by atoms with van der Waals surface area (Å²) in [5.41, 5.74) is 18.3. The second-order valence-corrected chi connectivity index (χ2v) is 12.9. The number of benzene rings is 7. The van der Waals surface area contributed by atoms with Crippen LogP contribution in [-0.2, 0) is 12.8 Å². The Bertz CT molecular complexity index is 2550. The molecule has 1 aromatic heterocycles. The summed E-state index contributed by atoms with van der Waals surface area (Å²) in [6.07, 6.45) is 4.20. The molecule has 2 nitrogen and oxygen atoms in total. The largest absolute Gasteiger partial charge is 0.456 e. The van der Waals surface area contributed by atoms with Gasteiger partial charge in [-0.05, 0) is 105 Å². The first-order valence-corrected chi connectivity index (χ1v) is 16.7. The molecule has 2 aliphatic carbocycles. The van der Waals surface area contributed by atoms with Gasteiger partial charge in [0, 0.05) is 34.6 Å². The van der Waals surface area contributed by atoms with Gasteiger partial charge in [-0.3, -0.25) is 0 Å². The van der Waals surface area contributed by atoms with E-state index >= 15 is 0 Å². The second-order valence-electron chi connectivity index (χ2n) is 12.9. The summed E-state index contributed by atoms with van der Waals surface area (Å²) in [4.78, 5) is 2.40. The van der Waals surface area contributed by atoms with Crippen LogP contribution in [-0.4, -0.2) is 0 Å². The molecular formula is C46H31NO. The normalized spacial score (nSPS) is 13.0. The van der Waals surface area contributed by atoms with Crippen molar-refractivity contribution in [1.29, 1.82) is 0 Å². The highest BCUT2D eigenvalue weighted by Crippen LogP contribution is 2.47. The van der Waals surface area contributed by atoms with Crippen molar-refractivity contribution in [2.45, 2.75) is 12.8 Å². The van der Waals surface area contributed by atoms with Gasteiger partial charge >= 0.3 is 0 Å². The van der Waals surface area contributed by atoms with Crippen LogP contribution in [0.4, 0.5) is 17.1 Å². The Labute approximate surface area is 279 Å². The van der Waals surface area contributed by atoms with Crippen molar-refractivity contribution < 1.29 is 4.42 Å². The van der Waals surface area contributed by atoms with Crippen LogP contribution in [0.2, 0.25) is 0 Å². The van der Waals surface area contributed by atoms with Crippen molar-refractivity contribution in [2.24, 2.45) is 0 Å². The summed E-state index contributed by atoms with van der Waals surface area (Å²) in [7, 11) is 0. The van der Waals surface area contributed by atoms with Gasteiger partial charge in [0.25, 0.3) is 0 Å². The highest BCUT2D eigenvalue weighted by Gasteiger charge is 2.25.